The maximum Gasteiger partial charge on any atom is 0.277 e. The van der Waals surface area contributed by atoms with Crippen molar-refractivity contribution in [3.8, 4) is 23.0 Å². The summed E-state index contributed by atoms with van der Waals surface area (Å²) < 4.78 is 95.7. The van der Waals surface area contributed by atoms with E-state index in [0.29, 0.717) is 79.8 Å². The normalized spacial score (nSPS) is 18.0. The molecular formula is C67H75F4IN14O22. The first kappa shape index (κ1) is 78.7. The smallest absolute Gasteiger partial charge is 0.277 e. The number of hydrogen-bond donors (Lipinski definition) is 7. The average Bonchev–Trinajstić information content (AvgIpc) is 1.51. The van der Waals surface area contributed by atoms with Gasteiger partial charge < -0.3 is 88.9 Å². The fourth-order valence-electron chi connectivity index (χ4n) is 13.6. The molecule has 108 heavy (non-hydrogen) atoms. The topological polar surface area (TPSA) is 406 Å². The maximum atomic E-state index is 13.9. The van der Waals surface area contributed by atoms with Gasteiger partial charge in [-0.25, -0.2) is 36.3 Å². The molecule has 12 heterocycles. The van der Waals surface area contributed by atoms with Gasteiger partial charge in [-0.15, -0.1) is 0 Å². The first-order valence-corrected chi connectivity index (χ1v) is 34.2. The van der Waals surface area contributed by atoms with Crippen molar-refractivity contribution in [3.05, 3.63) is 178 Å². The molecule has 0 bridgehead atoms. The summed E-state index contributed by atoms with van der Waals surface area (Å²) in [4.78, 5) is 134. The number of halogens is 5. The number of ether oxygens (including phenoxy) is 7. The summed E-state index contributed by atoms with van der Waals surface area (Å²) in [5, 5.41) is 63.6. The predicted molar refractivity (Wildman–Crippen MR) is 375 cm³/mol. The molecule has 0 spiro atoms. The van der Waals surface area contributed by atoms with Crippen molar-refractivity contribution in [2.45, 2.75) is 37.5 Å². The number of amides is 6. The Morgan fingerprint density at radius 3 is 1.19 bits per heavy atom. The minimum atomic E-state index is -1.29. The van der Waals surface area contributed by atoms with Gasteiger partial charge in [0.1, 0.15) is 85.5 Å². The number of carbonyl (C=O) groups excluding carboxylic acids is 6. The van der Waals surface area contributed by atoms with Crippen LogP contribution in [-0.4, -0.2) is 255 Å². The molecule has 4 unspecified atom stereocenters. The van der Waals surface area contributed by atoms with Gasteiger partial charge in [-0.05, 0) is 34.7 Å². The van der Waals surface area contributed by atoms with Gasteiger partial charge in [0.05, 0.1) is 100 Å². The summed E-state index contributed by atoms with van der Waals surface area (Å²) in [6, 6.07) is 7.05. The van der Waals surface area contributed by atoms with Crippen LogP contribution in [0.15, 0.2) is 61.6 Å². The zero-order valence-electron chi connectivity index (χ0n) is 59.0. The van der Waals surface area contributed by atoms with Crippen LogP contribution in [0.2, 0.25) is 0 Å². The first-order chi connectivity index (χ1) is 51.6. The lowest BCUT2D eigenvalue weighted by Gasteiger charge is -2.37. The Labute approximate surface area is 623 Å². The van der Waals surface area contributed by atoms with Gasteiger partial charge in [0.25, 0.3) is 35.4 Å². The van der Waals surface area contributed by atoms with Gasteiger partial charge in [0.15, 0.2) is 45.8 Å². The molecule has 2 aromatic carbocycles. The van der Waals surface area contributed by atoms with Crippen LogP contribution in [0.1, 0.15) is 121 Å². The number of methoxy groups -OCH3 is 7. The number of benzene rings is 2. The van der Waals surface area contributed by atoms with Crippen LogP contribution in [0.3, 0.4) is 0 Å². The molecule has 0 saturated carbocycles. The Kier molecular flexibility index (Phi) is 23.7. The first-order valence-electron chi connectivity index (χ1n) is 33.2. The van der Waals surface area contributed by atoms with E-state index in [1.807, 2.05) is 32.6 Å². The zero-order chi connectivity index (χ0) is 78.2. The fraction of sp³-hybridized carbons (Fsp3) is 0.433. The monoisotopic (exact) mass is 1630 g/mol. The van der Waals surface area contributed by atoms with Gasteiger partial charge in [-0.2, -0.15) is 0 Å². The number of aromatic nitrogens is 4. The minimum Gasteiger partial charge on any atom is -0.502 e. The highest BCUT2D eigenvalue weighted by Crippen LogP contribution is 2.38. The zero-order valence-corrected chi connectivity index (χ0v) is 61.2. The third kappa shape index (κ3) is 14.4. The molecule has 0 fully saturated rings. The molecular weight excluding hydrogens is 1560 g/mol. The Morgan fingerprint density at radius 1 is 0.454 bits per heavy atom. The second kappa shape index (κ2) is 32.6. The van der Waals surface area contributed by atoms with Crippen molar-refractivity contribution in [1.82, 2.24) is 48.9 Å². The van der Waals surface area contributed by atoms with E-state index < -0.39 is 104 Å². The van der Waals surface area contributed by atoms with Crippen LogP contribution in [0.5, 0.6) is 23.0 Å². The number of hydrogen-bond acceptors (Lipinski definition) is 26. The number of aliphatic hydroxyl groups is 4. The second-order valence-corrected chi connectivity index (χ2v) is 26.3. The van der Waals surface area contributed by atoms with E-state index in [9.17, 15) is 91.0 Å². The Balaban J connectivity index is 0.000000146. The molecule has 580 valence electrons. The van der Waals surface area contributed by atoms with Crippen molar-refractivity contribution in [2.24, 2.45) is 0 Å². The summed E-state index contributed by atoms with van der Waals surface area (Å²) in [6.45, 7) is 3.32. The highest BCUT2D eigenvalue weighted by Gasteiger charge is 2.48. The van der Waals surface area contributed by atoms with Gasteiger partial charge in [-0.1, -0.05) is 12.1 Å². The van der Waals surface area contributed by atoms with Crippen LogP contribution in [0, 0.1) is 26.8 Å². The molecule has 8 aliphatic rings. The van der Waals surface area contributed by atoms with E-state index in [1.54, 1.807) is 38.4 Å². The molecule has 6 amide bonds. The van der Waals surface area contributed by atoms with Crippen molar-refractivity contribution >= 4 is 58.0 Å². The van der Waals surface area contributed by atoms with Gasteiger partial charge in [0, 0.05) is 97.0 Å². The molecule has 41 heteroatoms. The Morgan fingerprint density at radius 2 is 0.796 bits per heavy atom. The molecule has 36 nitrogen and oxygen atoms in total. The fourth-order valence-corrected chi connectivity index (χ4v) is 14.5. The SMILES string of the molecule is COCCN1CN2CC(O)c3c(C(=O)NCc4ccc(F)cc4F)c(=O)c(O)c(n32)C1=O.COCCN1CN2CC(O)c3c(C(=O)NCc4ccc(F)cc4F)c(=O)c(OC)c(n32)C1=O.COCCN1CN2CC(O)c3c(I)c(=O)c(OC)c(n32)C1=O.COCCN1CN2CC(O)c3cc(=O)c(OC)c(n32)C1=O. The summed E-state index contributed by atoms with van der Waals surface area (Å²) in [6.07, 6.45) is -4.13. The number of rotatable bonds is 21. The third-order valence-electron chi connectivity index (χ3n) is 18.7. The lowest BCUT2D eigenvalue weighted by Crippen LogP contribution is -2.54. The standard InChI is InChI=1S/C21H22F2N4O6.C20H20F2N4O6.C13H16IN3O5.C13H17N3O5/c1-32-6-5-25-10-26-9-14(28)16-15(18(29)19(33-2)17(21(25)31)27(16)26)20(30)24-8-11-3-4-12(22)7-13(11)23;1-32-5-4-24-9-25-8-13(27)15-14(17(28)18(29)16(20(24)31)26(15)25)19(30)23-7-10-2-3-11(21)6-12(10)22;1-21-4-3-15-6-16-5-7(18)9-8(14)11(19)12(22-2)10(13(15)20)17(9)16;1-20-4-3-14-7-15-6-10(18)8-5-9(17)12(21-2)11(13(14)19)16(8)15/h3-4,7,14,28H,5-6,8-10H2,1-2H3,(H,24,30);2-3,6,13,27,29H,4-5,7-9H2,1H3,(H,23,30);7,18H,3-6H2,1-2H3;5,10,18H,3-4,6-7H2,1-2H3. The number of nitrogens with zero attached hydrogens (tertiary/aromatic N) is 12. The van der Waals surface area contributed by atoms with E-state index in [1.165, 1.54) is 71.8 Å². The molecule has 4 atom stereocenters. The van der Waals surface area contributed by atoms with Crippen LogP contribution >= 0.6 is 22.6 Å². The molecule has 0 aliphatic carbocycles. The van der Waals surface area contributed by atoms with Gasteiger partial charge >= 0.3 is 0 Å². The highest BCUT2D eigenvalue weighted by molar-refractivity contribution is 14.1. The molecule has 4 aromatic heterocycles. The Hall–Kier alpha value is -10.4. The van der Waals surface area contributed by atoms with Crippen molar-refractivity contribution in [3.63, 3.8) is 0 Å². The quantitative estimate of drug-likeness (QED) is 0.0313. The minimum absolute atomic E-state index is 0.00460. The summed E-state index contributed by atoms with van der Waals surface area (Å²) in [5.74, 6) is -8.15. The number of pyridine rings is 4. The van der Waals surface area contributed by atoms with Crippen molar-refractivity contribution in [2.75, 3.05) is 175 Å². The summed E-state index contributed by atoms with van der Waals surface area (Å²) in [7, 11) is 10.0. The van der Waals surface area contributed by atoms with Gasteiger partial charge in [-0.3, -0.25) is 68.0 Å². The molecule has 0 saturated heterocycles. The van der Waals surface area contributed by atoms with E-state index in [-0.39, 0.29) is 146 Å². The van der Waals surface area contributed by atoms with E-state index in [0.717, 1.165) is 18.2 Å². The van der Waals surface area contributed by atoms with E-state index >= 15 is 0 Å². The lowest BCUT2D eigenvalue weighted by atomic mass is 10.1. The van der Waals surface area contributed by atoms with Gasteiger partial charge in [0.2, 0.25) is 21.7 Å². The summed E-state index contributed by atoms with van der Waals surface area (Å²) >= 11 is 1.89. The van der Waals surface area contributed by atoms with E-state index in [4.69, 9.17) is 33.2 Å². The van der Waals surface area contributed by atoms with Crippen LogP contribution in [-0.2, 0) is 32.0 Å². The third-order valence-corrected chi connectivity index (χ3v) is 19.7. The van der Waals surface area contributed by atoms with Crippen LogP contribution in [0.25, 0.3) is 0 Å². The molecule has 14 rings (SSSR count). The van der Waals surface area contributed by atoms with E-state index in [2.05, 4.69) is 10.6 Å². The van der Waals surface area contributed by atoms with Crippen LogP contribution in [0.4, 0.5) is 17.6 Å². The van der Waals surface area contributed by atoms with Crippen molar-refractivity contribution < 1.29 is 105 Å². The average molecular weight is 1630 g/mol. The molecule has 0 radical (unpaired) electrons. The summed E-state index contributed by atoms with van der Waals surface area (Å²) in [5.41, 5.74) is -3.18. The largest absolute Gasteiger partial charge is 0.502 e. The predicted octanol–water partition coefficient (Wildman–Crippen LogP) is -1.68. The number of nitrogens with one attached hydrogen (secondary N) is 2. The van der Waals surface area contributed by atoms with Crippen molar-refractivity contribution in [1.29, 1.82) is 0 Å². The molecule has 7 N–H and O–H groups in total. The highest BCUT2D eigenvalue weighted by atomic mass is 127. The maximum absolute atomic E-state index is 13.9. The molecule has 8 aliphatic heterocycles. The Bertz CT molecular complexity index is 4850. The number of aromatic hydroxyl groups is 1. The number of carbonyl (C=O) groups is 6. The number of aliphatic hydroxyl groups excluding tert-OH is 4. The second-order valence-electron chi connectivity index (χ2n) is 25.2. The molecule has 6 aromatic rings. The van der Waals surface area contributed by atoms with Crippen LogP contribution < -0.4 is 66.6 Å². The lowest BCUT2D eigenvalue weighted by molar-refractivity contribution is 0.0621.